The van der Waals surface area contributed by atoms with E-state index in [2.05, 4.69) is 6.07 Å². The summed E-state index contributed by atoms with van der Waals surface area (Å²) >= 11 is 0. The fourth-order valence-electron chi connectivity index (χ4n) is 3.48. The van der Waals surface area contributed by atoms with Crippen LogP contribution in [-0.2, 0) is 6.42 Å². The highest BCUT2D eigenvalue weighted by Gasteiger charge is 2.38. The molecule has 1 aliphatic rings. The predicted molar refractivity (Wildman–Crippen MR) is 103 cm³/mol. The maximum atomic E-state index is 13.0. The highest BCUT2D eigenvalue weighted by Crippen LogP contribution is 2.38. The van der Waals surface area contributed by atoms with E-state index in [0.717, 1.165) is 16.8 Å². The summed E-state index contributed by atoms with van der Waals surface area (Å²) in [5, 5.41) is 9.68. The van der Waals surface area contributed by atoms with E-state index in [0.29, 0.717) is 30.0 Å². The number of carbonyl (C=O) groups is 1. The lowest BCUT2D eigenvalue weighted by atomic mass is 10.0. The standard InChI is InChI=1S/C21H23N3O3/c1-23(2)16-7-5-6-15-17(13-22)24(21(25)20(15)16)11-10-14-8-9-18(26-3)19(12-14)27-4/h5-9,12,17H,10-11H2,1-4H3. The number of benzene rings is 2. The number of nitrogens with zero attached hydrogens (tertiary/aromatic N) is 3. The van der Waals surface area contributed by atoms with E-state index in [-0.39, 0.29) is 5.91 Å². The van der Waals surface area contributed by atoms with Crippen molar-refractivity contribution in [2.45, 2.75) is 12.5 Å². The zero-order chi connectivity index (χ0) is 19.6. The van der Waals surface area contributed by atoms with Gasteiger partial charge in [0.25, 0.3) is 5.91 Å². The summed E-state index contributed by atoms with van der Waals surface area (Å²) in [6.45, 7) is 0.452. The first-order valence-corrected chi connectivity index (χ1v) is 8.73. The van der Waals surface area contributed by atoms with Crippen LogP contribution in [-0.4, -0.2) is 45.7 Å². The van der Waals surface area contributed by atoms with E-state index in [9.17, 15) is 10.1 Å². The van der Waals surface area contributed by atoms with Crippen molar-refractivity contribution in [3.63, 3.8) is 0 Å². The molecule has 0 fully saturated rings. The summed E-state index contributed by atoms with van der Waals surface area (Å²) in [5.41, 5.74) is 3.26. The van der Waals surface area contributed by atoms with Gasteiger partial charge in [0.1, 0.15) is 6.04 Å². The van der Waals surface area contributed by atoms with Gasteiger partial charge in [-0.3, -0.25) is 4.79 Å². The smallest absolute Gasteiger partial charge is 0.257 e. The highest BCUT2D eigenvalue weighted by atomic mass is 16.5. The molecule has 1 amide bonds. The second-order valence-electron chi connectivity index (χ2n) is 6.61. The average molecular weight is 365 g/mol. The molecule has 27 heavy (non-hydrogen) atoms. The molecule has 0 aliphatic carbocycles. The van der Waals surface area contributed by atoms with Gasteiger partial charge in [-0.2, -0.15) is 5.26 Å². The third-order valence-corrected chi connectivity index (χ3v) is 4.85. The third-order valence-electron chi connectivity index (χ3n) is 4.85. The van der Waals surface area contributed by atoms with Crippen LogP contribution >= 0.6 is 0 Å². The minimum absolute atomic E-state index is 0.0960. The minimum Gasteiger partial charge on any atom is -0.493 e. The van der Waals surface area contributed by atoms with Gasteiger partial charge in [0.05, 0.1) is 25.9 Å². The molecule has 2 aromatic carbocycles. The Morgan fingerprint density at radius 2 is 1.89 bits per heavy atom. The Hall–Kier alpha value is -3.20. The van der Waals surface area contributed by atoms with Crippen LogP contribution in [0, 0.1) is 11.3 Å². The Morgan fingerprint density at radius 3 is 2.52 bits per heavy atom. The maximum absolute atomic E-state index is 13.0. The summed E-state index contributed by atoms with van der Waals surface area (Å²) in [5.74, 6) is 1.22. The highest BCUT2D eigenvalue weighted by molar-refractivity contribution is 6.04. The van der Waals surface area contributed by atoms with E-state index in [1.807, 2.05) is 55.4 Å². The lowest BCUT2D eigenvalue weighted by Crippen LogP contribution is -2.30. The lowest BCUT2D eigenvalue weighted by Gasteiger charge is -2.20. The van der Waals surface area contributed by atoms with Crippen LogP contribution < -0.4 is 14.4 Å². The Labute approximate surface area is 159 Å². The zero-order valence-corrected chi connectivity index (χ0v) is 16.0. The molecule has 0 aromatic heterocycles. The van der Waals surface area contributed by atoms with Gasteiger partial charge in [-0.15, -0.1) is 0 Å². The van der Waals surface area contributed by atoms with Crippen molar-refractivity contribution in [3.05, 3.63) is 53.1 Å². The molecule has 6 heteroatoms. The van der Waals surface area contributed by atoms with Crippen LogP contribution in [0.5, 0.6) is 11.5 Å². The minimum atomic E-state index is -0.562. The number of carbonyl (C=O) groups excluding carboxylic acids is 1. The van der Waals surface area contributed by atoms with Crippen LogP contribution in [0.4, 0.5) is 5.69 Å². The molecule has 0 bridgehead atoms. The molecule has 2 aromatic rings. The van der Waals surface area contributed by atoms with E-state index in [1.54, 1.807) is 19.1 Å². The van der Waals surface area contributed by atoms with Crippen LogP contribution in [0.15, 0.2) is 36.4 Å². The molecule has 0 saturated heterocycles. The predicted octanol–water partition coefficient (Wildman–Crippen LogP) is 3.03. The van der Waals surface area contributed by atoms with Gasteiger partial charge in [0.15, 0.2) is 11.5 Å². The number of anilines is 1. The quantitative estimate of drug-likeness (QED) is 0.787. The SMILES string of the molecule is COc1ccc(CCN2C(=O)c3c(cccc3N(C)C)C2C#N)cc1OC. The third kappa shape index (κ3) is 3.28. The second kappa shape index (κ2) is 7.58. The van der Waals surface area contributed by atoms with Crippen LogP contribution in [0.1, 0.15) is 27.5 Å². The van der Waals surface area contributed by atoms with Crippen molar-refractivity contribution < 1.29 is 14.3 Å². The van der Waals surface area contributed by atoms with Crippen molar-refractivity contribution in [1.29, 1.82) is 5.26 Å². The van der Waals surface area contributed by atoms with Crippen molar-refractivity contribution in [2.24, 2.45) is 0 Å². The van der Waals surface area contributed by atoms with Crippen molar-refractivity contribution in [1.82, 2.24) is 4.90 Å². The van der Waals surface area contributed by atoms with Gasteiger partial charge >= 0.3 is 0 Å². The fourth-order valence-corrected chi connectivity index (χ4v) is 3.48. The molecule has 3 rings (SSSR count). The van der Waals surface area contributed by atoms with Crippen LogP contribution in [0.3, 0.4) is 0 Å². The van der Waals surface area contributed by atoms with E-state index < -0.39 is 6.04 Å². The van der Waals surface area contributed by atoms with Crippen molar-refractivity contribution in [2.75, 3.05) is 39.8 Å². The Morgan fingerprint density at radius 1 is 1.15 bits per heavy atom. The Bertz CT molecular complexity index is 902. The molecule has 1 atom stereocenters. The first-order valence-electron chi connectivity index (χ1n) is 8.73. The number of fused-ring (bicyclic) bond motifs is 1. The molecule has 0 saturated carbocycles. The van der Waals surface area contributed by atoms with Gasteiger partial charge in [0, 0.05) is 31.9 Å². The molecule has 0 radical (unpaired) electrons. The monoisotopic (exact) mass is 365 g/mol. The van der Waals surface area contributed by atoms with Gasteiger partial charge in [-0.25, -0.2) is 0 Å². The zero-order valence-electron chi connectivity index (χ0n) is 16.0. The normalized spacial score (nSPS) is 15.3. The average Bonchev–Trinajstić information content (AvgIpc) is 2.97. The van der Waals surface area contributed by atoms with Gasteiger partial charge in [0.2, 0.25) is 0 Å². The molecule has 6 nitrogen and oxygen atoms in total. The molecule has 1 heterocycles. The number of hydrogen-bond donors (Lipinski definition) is 0. The number of ether oxygens (including phenoxy) is 2. The summed E-state index contributed by atoms with van der Waals surface area (Å²) in [6.07, 6.45) is 0.621. The lowest BCUT2D eigenvalue weighted by molar-refractivity contribution is 0.0760. The molecule has 140 valence electrons. The van der Waals surface area contributed by atoms with Gasteiger partial charge in [-0.1, -0.05) is 18.2 Å². The first-order chi connectivity index (χ1) is 13.0. The number of nitriles is 1. The summed E-state index contributed by atoms with van der Waals surface area (Å²) in [4.78, 5) is 16.6. The molecule has 1 unspecified atom stereocenters. The number of amides is 1. The van der Waals surface area contributed by atoms with Crippen LogP contribution in [0.2, 0.25) is 0 Å². The molecular formula is C21H23N3O3. The summed E-state index contributed by atoms with van der Waals surface area (Å²) in [6, 6.07) is 13.1. The number of rotatable bonds is 6. The summed E-state index contributed by atoms with van der Waals surface area (Å²) < 4.78 is 10.6. The number of hydrogen-bond acceptors (Lipinski definition) is 5. The summed E-state index contributed by atoms with van der Waals surface area (Å²) in [7, 11) is 6.99. The maximum Gasteiger partial charge on any atom is 0.257 e. The van der Waals surface area contributed by atoms with E-state index >= 15 is 0 Å². The molecule has 0 N–H and O–H groups in total. The van der Waals surface area contributed by atoms with Crippen molar-refractivity contribution in [3.8, 4) is 17.6 Å². The molecule has 1 aliphatic heterocycles. The second-order valence-corrected chi connectivity index (χ2v) is 6.61. The van der Waals surface area contributed by atoms with Gasteiger partial charge in [-0.05, 0) is 30.2 Å². The van der Waals surface area contributed by atoms with E-state index in [4.69, 9.17) is 9.47 Å². The number of methoxy groups -OCH3 is 2. The largest absolute Gasteiger partial charge is 0.493 e. The Kier molecular flexibility index (Phi) is 5.22. The van der Waals surface area contributed by atoms with Crippen LogP contribution in [0.25, 0.3) is 0 Å². The van der Waals surface area contributed by atoms with E-state index in [1.165, 1.54) is 0 Å². The topological polar surface area (TPSA) is 65.8 Å². The molecular weight excluding hydrogens is 342 g/mol. The van der Waals surface area contributed by atoms with Gasteiger partial charge < -0.3 is 19.3 Å². The fraction of sp³-hybridized carbons (Fsp3) is 0.333. The first kappa shape index (κ1) is 18.6. The Balaban J connectivity index is 1.85. The molecule has 0 spiro atoms. The van der Waals surface area contributed by atoms with Crippen molar-refractivity contribution >= 4 is 11.6 Å².